The molecule has 0 amide bonds. The van der Waals surface area contributed by atoms with Crippen molar-refractivity contribution in [3.8, 4) is 0 Å². The summed E-state index contributed by atoms with van der Waals surface area (Å²) in [5, 5.41) is 8.64. The summed E-state index contributed by atoms with van der Waals surface area (Å²) in [6.07, 6.45) is 1.04. The van der Waals surface area contributed by atoms with E-state index in [9.17, 15) is 14.4 Å². The summed E-state index contributed by atoms with van der Waals surface area (Å²) < 4.78 is 9.26. The molecule has 0 atom stereocenters. The largest absolute Gasteiger partial charge is 0.478 e. The number of morpholine rings is 1. The highest BCUT2D eigenvalue weighted by Crippen LogP contribution is 2.07. The second-order valence-corrected chi connectivity index (χ2v) is 3.75. The molecule has 0 aliphatic carbocycles. The van der Waals surface area contributed by atoms with Crippen LogP contribution < -0.4 is 0 Å². The highest BCUT2D eigenvalue weighted by molar-refractivity contribution is 5.95. The zero-order valence-corrected chi connectivity index (χ0v) is 11.3. The summed E-state index contributed by atoms with van der Waals surface area (Å²) in [6.45, 7) is 1.45. The van der Waals surface area contributed by atoms with E-state index in [1.165, 1.54) is 7.11 Å². The van der Waals surface area contributed by atoms with Gasteiger partial charge >= 0.3 is 17.9 Å². The molecule has 0 aromatic heterocycles. The second kappa shape index (κ2) is 8.49. The Morgan fingerprint density at radius 2 is 2.21 bits per heavy atom. The number of rotatable bonds is 5. The first-order chi connectivity index (χ1) is 8.52. The van der Waals surface area contributed by atoms with Gasteiger partial charge < -0.3 is 14.6 Å². The van der Waals surface area contributed by atoms with Gasteiger partial charge in [-0.15, -0.1) is 12.4 Å². The summed E-state index contributed by atoms with van der Waals surface area (Å²) in [5.41, 5.74) is 0.0731. The summed E-state index contributed by atoms with van der Waals surface area (Å²) in [4.78, 5) is 34.7. The zero-order valence-electron chi connectivity index (χ0n) is 10.5. The monoisotopic (exact) mass is 293 g/mol. The van der Waals surface area contributed by atoms with E-state index in [1.54, 1.807) is 4.90 Å². The van der Waals surface area contributed by atoms with E-state index in [1.807, 2.05) is 0 Å². The van der Waals surface area contributed by atoms with Crippen molar-refractivity contribution < 1.29 is 29.0 Å². The minimum atomic E-state index is -1.20. The van der Waals surface area contributed by atoms with Crippen LogP contribution in [-0.2, 0) is 23.9 Å². The molecule has 0 aromatic rings. The molecule has 19 heavy (non-hydrogen) atoms. The second-order valence-electron chi connectivity index (χ2n) is 3.75. The Morgan fingerprint density at radius 1 is 1.53 bits per heavy atom. The number of carbonyl (C=O) groups is 3. The number of aliphatic carboxylic acids is 1. The maximum atomic E-state index is 11.3. The lowest BCUT2D eigenvalue weighted by Gasteiger charge is -2.25. The van der Waals surface area contributed by atoms with Crippen LogP contribution in [0.25, 0.3) is 0 Å². The number of hydrogen-bond acceptors (Lipinski definition) is 6. The highest BCUT2D eigenvalue weighted by Gasteiger charge is 2.19. The molecule has 108 valence electrons. The van der Waals surface area contributed by atoms with Gasteiger partial charge in [-0.3, -0.25) is 9.69 Å². The molecule has 0 aromatic carbocycles. The number of halogens is 1. The van der Waals surface area contributed by atoms with Crippen LogP contribution in [0.5, 0.6) is 0 Å². The van der Waals surface area contributed by atoms with Gasteiger partial charge in [-0.1, -0.05) is 0 Å². The first-order valence-corrected chi connectivity index (χ1v) is 5.42. The highest BCUT2D eigenvalue weighted by atomic mass is 35.5. The summed E-state index contributed by atoms with van der Waals surface area (Å²) in [6, 6.07) is 0. The Kier molecular flexibility index (Phi) is 7.78. The van der Waals surface area contributed by atoms with Gasteiger partial charge in [-0.05, 0) is 6.42 Å². The summed E-state index contributed by atoms with van der Waals surface area (Å²) in [5.74, 6) is -2.19. The number of carboxylic acid groups (broad SMARTS) is 1. The van der Waals surface area contributed by atoms with Crippen LogP contribution in [0.15, 0.2) is 11.6 Å². The van der Waals surface area contributed by atoms with Crippen LogP contribution >= 0.6 is 12.4 Å². The third-order valence-electron chi connectivity index (χ3n) is 2.47. The van der Waals surface area contributed by atoms with Gasteiger partial charge in [-0.2, -0.15) is 0 Å². The molecule has 0 bridgehead atoms. The molecule has 7 nitrogen and oxygen atoms in total. The van der Waals surface area contributed by atoms with Crippen molar-refractivity contribution in [2.75, 3.05) is 33.4 Å². The molecule has 1 N–H and O–H groups in total. The lowest BCUT2D eigenvalue weighted by Crippen LogP contribution is -2.40. The maximum absolute atomic E-state index is 11.3. The van der Waals surface area contributed by atoms with Gasteiger partial charge in [0.1, 0.15) is 6.61 Å². The molecule has 0 spiro atoms. The number of esters is 2. The molecule has 1 aliphatic heterocycles. The first kappa shape index (κ1) is 17.4. The van der Waals surface area contributed by atoms with E-state index < -0.39 is 11.9 Å². The Morgan fingerprint density at radius 3 is 2.74 bits per heavy atom. The van der Waals surface area contributed by atoms with Gasteiger partial charge in [0.2, 0.25) is 0 Å². The Balaban J connectivity index is 0.00000324. The molecule has 1 fully saturated rings. The fourth-order valence-electron chi connectivity index (χ4n) is 1.58. The molecular formula is C11H16ClNO6. The van der Waals surface area contributed by atoms with E-state index in [2.05, 4.69) is 4.74 Å². The van der Waals surface area contributed by atoms with Crippen molar-refractivity contribution in [1.82, 2.24) is 4.90 Å². The molecule has 1 saturated heterocycles. The van der Waals surface area contributed by atoms with Crippen molar-refractivity contribution in [3.05, 3.63) is 11.6 Å². The molecular weight excluding hydrogens is 278 g/mol. The zero-order chi connectivity index (χ0) is 13.5. The SMILES string of the molecule is COC(=O)/C(=C/C(=O)O)CCN1CCOC(=O)C1.Cl. The van der Waals surface area contributed by atoms with Crippen LogP contribution in [0.2, 0.25) is 0 Å². The van der Waals surface area contributed by atoms with E-state index in [0.717, 1.165) is 6.08 Å². The topological polar surface area (TPSA) is 93.1 Å². The number of nitrogens with zero attached hydrogens (tertiary/aromatic N) is 1. The predicted molar refractivity (Wildman–Crippen MR) is 67.0 cm³/mol. The van der Waals surface area contributed by atoms with Crippen LogP contribution in [0.1, 0.15) is 6.42 Å². The van der Waals surface area contributed by atoms with Crippen LogP contribution in [0.3, 0.4) is 0 Å². The number of ether oxygens (including phenoxy) is 2. The molecule has 0 saturated carbocycles. The van der Waals surface area contributed by atoms with Crippen LogP contribution in [0.4, 0.5) is 0 Å². The minimum absolute atomic E-state index is 0. The molecule has 1 aliphatic rings. The average Bonchev–Trinajstić information content (AvgIpc) is 2.33. The Hall–Kier alpha value is -1.60. The summed E-state index contributed by atoms with van der Waals surface area (Å²) in [7, 11) is 1.19. The van der Waals surface area contributed by atoms with Crippen molar-refractivity contribution in [2.24, 2.45) is 0 Å². The van der Waals surface area contributed by atoms with Gasteiger partial charge in [-0.25, -0.2) is 9.59 Å². The van der Waals surface area contributed by atoms with Gasteiger partial charge in [0, 0.05) is 24.7 Å². The smallest absolute Gasteiger partial charge is 0.334 e. The first-order valence-electron chi connectivity index (χ1n) is 5.42. The standard InChI is InChI=1S/C11H15NO6.ClH/c1-17-11(16)8(6-9(13)14)2-3-12-4-5-18-10(15)7-12;/h6H,2-5,7H2,1H3,(H,13,14);1H/b8-6+;. The number of cyclic esters (lactones) is 1. The third-order valence-corrected chi connectivity index (χ3v) is 2.47. The Bertz CT molecular complexity index is 381. The van der Waals surface area contributed by atoms with Crippen molar-refractivity contribution in [2.45, 2.75) is 6.42 Å². The van der Waals surface area contributed by atoms with E-state index >= 15 is 0 Å². The summed E-state index contributed by atoms with van der Waals surface area (Å²) >= 11 is 0. The number of carboxylic acids is 1. The Labute approximate surface area is 116 Å². The van der Waals surface area contributed by atoms with Crippen LogP contribution in [-0.4, -0.2) is 61.3 Å². The number of hydrogen-bond donors (Lipinski definition) is 1. The van der Waals surface area contributed by atoms with Gasteiger partial charge in [0.15, 0.2) is 0 Å². The van der Waals surface area contributed by atoms with Crippen molar-refractivity contribution in [3.63, 3.8) is 0 Å². The molecule has 1 heterocycles. The lowest BCUT2D eigenvalue weighted by atomic mass is 10.1. The molecule has 8 heteroatoms. The average molecular weight is 294 g/mol. The fraction of sp³-hybridized carbons (Fsp3) is 0.545. The number of methoxy groups -OCH3 is 1. The quantitative estimate of drug-likeness (QED) is 0.556. The van der Waals surface area contributed by atoms with E-state index in [4.69, 9.17) is 9.84 Å². The van der Waals surface area contributed by atoms with Gasteiger partial charge in [0.05, 0.1) is 13.7 Å². The van der Waals surface area contributed by atoms with Crippen molar-refractivity contribution in [1.29, 1.82) is 0 Å². The third kappa shape index (κ3) is 6.21. The van der Waals surface area contributed by atoms with Gasteiger partial charge in [0.25, 0.3) is 0 Å². The fourth-order valence-corrected chi connectivity index (χ4v) is 1.58. The normalized spacial score (nSPS) is 16.3. The molecule has 1 rings (SSSR count). The van der Waals surface area contributed by atoms with E-state index in [0.29, 0.717) is 19.7 Å². The van der Waals surface area contributed by atoms with Crippen LogP contribution in [0, 0.1) is 0 Å². The lowest BCUT2D eigenvalue weighted by molar-refractivity contribution is -0.150. The molecule has 0 unspecified atom stereocenters. The molecule has 0 radical (unpaired) electrons. The minimum Gasteiger partial charge on any atom is -0.478 e. The van der Waals surface area contributed by atoms with Crippen molar-refractivity contribution >= 4 is 30.3 Å². The maximum Gasteiger partial charge on any atom is 0.334 e. The number of carbonyl (C=O) groups excluding carboxylic acids is 2. The van der Waals surface area contributed by atoms with E-state index in [-0.39, 0.29) is 36.9 Å². The predicted octanol–water partition coefficient (Wildman–Crippen LogP) is -0.159.